The van der Waals surface area contributed by atoms with Crippen LogP contribution in [-0.4, -0.2) is 67.9 Å². The first-order valence-corrected chi connectivity index (χ1v) is 9.17. The second kappa shape index (κ2) is 8.28. The van der Waals surface area contributed by atoms with E-state index in [1.807, 2.05) is 0 Å². The Morgan fingerprint density at radius 1 is 1.20 bits per heavy atom. The van der Waals surface area contributed by atoms with Gasteiger partial charge < -0.3 is 9.64 Å². The van der Waals surface area contributed by atoms with E-state index < -0.39 is 29.0 Å². The predicted molar refractivity (Wildman–Crippen MR) is 87.5 cm³/mol. The van der Waals surface area contributed by atoms with Gasteiger partial charge in [0.15, 0.2) is 0 Å². The van der Waals surface area contributed by atoms with E-state index in [1.165, 1.54) is 36.9 Å². The fourth-order valence-electron chi connectivity index (χ4n) is 2.54. The van der Waals surface area contributed by atoms with Crippen LogP contribution in [0.3, 0.4) is 0 Å². The molecule has 1 aromatic carbocycles. The van der Waals surface area contributed by atoms with Gasteiger partial charge in [0, 0.05) is 13.1 Å². The monoisotopic (exact) mass is 371 g/mol. The molecule has 1 aliphatic rings. The van der Waals surface area contributed by atoms with Crippen molar-refractivity contribution in [2.24, 2.45) is 0 Å². The smallest absolute Gasteiger partial charge is 0.258 e. The van der Waals surface area contributed by atoms with Gasteiger partial charge in [0.05, 0.1) is 25.1 Å². The minimum atomic E-state index is -4.10. The minimum absolute atomic E-state index is 0.0757. The molecule has 25 heavy (non-hydrogen) atoms. The first-order chi connectivity index (χ1) is 11.9. The van der Waals surface area contributed by atoms with Crippen molar-refractivity contribution in [3.05, 3.63) is 24.3 Å². The van der Waals surface area contributed by atoms with Gasteiger partial charge in [-0.15, -0.1) is 0 Å². The largest absolute Gasteiger partial charge is 0.497 e. The number of nitrogens with zero attached hydrogens (tertiary/aromatic N) is 2. The highest BCUT2D eigenvalue weighted by atomic mass is 32.2. The van der Waals surface area contributed by atoms with Crippen LogP contribution in [0.4, 0.5) is 0 Å². The Labute approximate surface area is 146 Å². The number of carbonyl (C=O) groups excluding carboxylic acids is 2. The number of hydroxylamine groups is 1. The number of amides is 2. The van der Waals surface area contributed by atoms with Crippen LogP contribution in [0, 0.1) is 0 Å². The molecule has 1 aromatic rings. The third-order valence-corrected chi connectivity index (χ3v) is 5.72. The first kappa shape index (κ1) is 19.2. The molecule has 138 valence electrons. The summed E-state index contributed by atoms with van der Waals surface area (Å²) in [6, 6.07) is 5.61. The summed E-state index contributed by atoms with van der Waals surface area (Å²) in [4.78, 5) is 25.3. The molecular formula is C15H21N3O6S. The second-order valence-electron chi connectivity index (χ2n) is 5.57. The van der Waals surface area contributed by atoms with Gasteiger partial charge in [0.2, 0.25) is 15.9 Å². The van der Waals surface area contributed by atoms with Crippen LogP contribution >= 0.6 is 0 Å². The highest BCUT2D eigenvalue weighted by Crippen LogP contribution is 2.20. The summed E-state index contributed by atoms with van der Waals surface area (Å²) in [5.41, 5.74) is 1.39. The Kier molecular flexibility index (Phi) is 6.34. The molecule has 2 rings (SSSR count). The van der Waals surface area contributed by atoms with Gasteiger partial charge in [-0.1, -0.05) is 0 Å². The number of sulfonamides is 1. The molecule has 0 bridgehead atoms. The van der Waals surface area contributed by atoms with E-state index in [0.29, 0.717) is 18.8 Å². The Bertz CT molecular complexity index is 713. The highest BCUT2D eigenvalue weighted by Gasteiger charge is 2.31. The normalized spacial score (nSPS) is 14.6. The van der Waals surface area contributed by atoms with Gasteiger partial charge in [-0.2, -0.15) is 4.31 Å². The lowest BCUT2D eigenvalue weighted by molar-refractivity contribution is -0.132. The number of carbonyl (C=O) groups is 2. The lowest BCUT2D eigenvalue weighted by Crippen LogP contribution is -2.45. The van der Waals surface area contributed by atoms with E-state index in [0.717, 1.165) is 17.1 Å². The summed E-state index contributed by atoms with van der Waals surface area (Å²) < 4.78 is 31.3. The predicted octanol–water partition coefficient (Wildman–Crippen LogP) is -0.186. The van der Waals surface area contributed by atoms with Gasteiger partial charge >= 0.3 is 0 Å². The molecule has 0 radical (unpaired) electrons. The number of nitrogens with one attached hydrogen (secondary N) is 1. The fourth-order valence-corrected chi connectivity index (χ4v) is 3.88. The van der Waals surface area contributed by atoms with E-state index in [1.54, 1.807) is 4.90 Å². The molecule has 0 spiro atoms. The van der Waals surface area contributed by atoms with Crippen LogP contribution in [0.2, 0.25) is 0 Å². The van der Waals surface area contributed by atoms with Gasteiger partial charge in [-0.25, -0.2) is 13.9 Å². The Balaban J connectivity index is 2.25. The number of hydrogen-bond acceptors (Lipinski definition) is 6. The maximum Gasteiger partial charge on any atom is 0.258 e. The van der Waals surface area contributed by atoms with Crippen molar-refractivity contribution in [3.63, 3.8) is 0 Å². The molecular weight excluding hydrogens is 350 g/mol. The third-order valence-electron chi connectivity index (χ3n) is 3.91. The average molecular weight is 371 g/mol. The number of likely N-dealkylation sites (tertiary alicyclic amines) is 1. The maximum absolute atomic E-state index is 12.8. The van der Waals surface area contributed by atoms with Crippen molar-refractivity contribution in [1.82, 2.24) is 14.7 Å². The van der Waals surface area contributed by atoms with Crippen molar-refractivity contribution in [3.8, 4) is 5.75 Å². The van der Waals surface area contributed by atoms with Gasteiger partial charge in [0.1, 0.15) is 5.75 Å². The van der Waals surface area contributed by atoms with Crippen LogP contribution in [-0.2, 0) is 19.6 Å². The molecule has 10 heteroatoms. The van der Waals surface area contributed by atoms with Crippen molar-refractivity contribution in [1.29, 1.82) is 0 Å². The Morgan fingerprint density at radius 3 is 2.32 bits per heavy atom. The minimum Gasteiger partial charge on any atom is -0.497 e. The van der Waals surface area contributed by atoms with E-state index in [9.17, 15) is 18.0 Å². The first-order valence-electron chi connectivity index (χ1n) is 7.73. The molecule has 0 aliphatic carbocycles. The van der Waals surface area contributed by atoms with Crippen LogP contribution in [0.25, 0.3) is 0 Å². The quantitative estimate of drug-likeness (QED) is 0.507. The molecule has 0 atom stereocenters. The summed E-state index contributed by atoms with van der Waals surface area (Å²) in [7, 11) is -2.64. The molecule has 0 saturated carbocycles. The molecule has 2 N–H and O–H groups in total. The van der Waals surface area contributed by atoms with Gasteiger partial charge in [-0.3, -0.25) is 14.8 Å². The lowest BCUT2D eigenvalue weighted by atomic mass is 10.3. The van der Waals surface area contributed by atoms with Crippen LogP contribution < -0.4 is 10.2 Å². The molecule has 1 saturated heterocycles. The number of ether oxygens (including phenoxy) is 1. The van der Waals surface area contributed by atoms with E-state index >= 15 is 0 Å². The zero-order chi connectivity index (χ0) is 18.4. The summed E-state index contributed by atoms with van der Waals surface area (Å²) in [5, 5.41) is 8.70. The van der Waals surface area contributed by atoms with Crippen molar-refractivity contribution >= 4 is 21.8 Å². The number of benzene rings is 1. The molecule has 9 nitrogen and oxygen atoms in total. The second-order valence-corrected chi connectivity index (χ2v) is 7.51. The van der Waals surface area contributed by atoms with Crippen LogP contribution in [0.1, 0.15) is 12.8 Å². The van der Waals surface area contributed by atoms with E-state index in [-0.39, 0.29) is 10.8 Å². The lowest BCUT2D eigenvalue weighted by Gasteiger charge is -2.23. The standard InChI is InChI=1S/C15H21N3O6S/c1-24-12-4-6-13(7-5-12)25(22,23)18(10-14(19)16-21)11-15(20)17-8-2-3-9-17/h4-7,21H,2-3,8-11H2,1H3,(H,16,19). The zero-order valence-electron chi connectivity index (χ0n) is 13.8. The molecule has 0 aromatic heterocycles. The Morgan fingerprint density at radius 2 is 1.80 bits per heavy atom. The number of methoxy groups -OCH3 is 1. The van der Waals surface area contributed by atoms with Gasteiger partial charge in [0.25, 0.3) is 5.91 Å². The SMILES string of the molecule is COc1ccc(S(=O)(=O)N(CC(=O)NO)CC(=O)N2CCCC2)cc1. The molecule has 2 amide bonds. The third kappa shape index (κ3) is 4.68. The molecule has 1 heterocycles. The zero-order valence-corrected chi connectivity index (χ0v) is 14.7. The van der Waals surface area contributed by atoms with Crippen LogP contribution in [0.15, 0.2) is 29.2 Å². The average Bonchev–Trinajstić information content (AvgIpc) is 3.15. The summed E-state index contributed by atoms with van der Waals surface area (Å²) >= 11 is 0. The van der Waals surface area contributed by atoms with Crippen LogP contribution in [0.5, 0.6) is 5.75 Å². The Hall–Kier alpha value is -2.17. The van der Waals surface area contributed by atoms with E-state index in [2.05, 4.69) is 0 Å². The molecule has 1 aliphatic heterocycles. The summed E-state index contributed by atoms with van der Waals surface area (Å²) in [6.45, 7) is 0.00906. The molecule has 0 unspecified atom stereocenters. The maximum atomic E-state index is 12.8. The van der Waals surface area contributed by atoms with Crippen molar-refractivity contribution in [2.45, 2.75) is 17.7 Å². The van der Waals surface area contributed by atoms with E-state index in [4.69, 9.17) is 9.94 Å². The van der Waals surface area contributed by atoms with Gasteiger partial charge in [-0.05, 0) is 37.1 Å². The highest BCUT2D eigenvalue weighted by molar-refractivity contribution is 7.89. The number of rotatable bonds is 7. The summed E-state index contributed by atoms with van der Waals surface area (Å²) in [6.07, 6.45) is 1.74. The van der Waals surface area contributed by atoms with Crippen molar-refractivity contribution < 1.29 is 28.0 Å². The topological polar surface area (TPSA) is 116 Å². The molecule has 1 fully saturated rings. The fraction of sp³-hybridized carbons (Fsp3) is 0.467. The number of hydrogen-bond donors (Lipinski definition) is 2. The summed E-state index contributed by atoms with van der Waals surface area (Å²) in [5.74, 6) is -0.821. The van der Waals surface area contributed by atoms with Crippen molar-refractivity contribution in [2.75, 3.05) is 33.3 Å².